The van der Waals surface area contributed by atoms with E-state index in [2.05, 4.69) is 30.2 Å². The van der Waals surface area contributed by atoms with Gasteiger partial charge in [0.15, 0.2) is 5.65 Å². The Morgan fingerprint density at radius 2 is 1.60 bits per heavy atom. The number of hydrogen-bond donors (Lipinski definition) is 3. The number of pyridine rings is 3. The minimum atomic E-state index is -4.70. The average molecular weight is 575 g/mol. The van der Waals surface area contributed by atoms with Crippen molar-refractivity contribution in [1.29, 1.82) is 0 Å². The number of alkyl halides is 3. The number of rotatable bonds is 6. The Morgan fingerprint density at radius 1 is 0.881 bits per heavy atom. The summed E-state index contributed by atoms with van der Waals surface area (Å²) in [5.41, 5.74) is -0.871. The first-order valence-corrected chi connectivity index (χ1v) is 12.8. The third kappa shape index (κ3) is 6.18. The molecule has 0 radical (unpaired) electrons. The van der Waals surface area contributed by atoms with Gasteiger partial charge in [-0.05, 0) is 45.0 Å². The van der Waals surface area contributed by atoms with E-state index in [1.165, 1.54) is 13.0 Å². The highest BCUT2D eigenvalue weighted by Crippen LogP contribution is 2.35. The first-order chi connectivity index (χ1) is 19.8. The first kappa shape index (κ1) is 28.6. The molecular formula is C30H25F3N6O3. The lowest BCUT2D eigenvalue weighted by Crippen LogP contribution is -2.21. The Balaban J connectivity index is 1.63. The molecule has 42 heavy (non-hydrogen) atoms. The molecule has 0 aliphatic rings. The van der Waals surface area contributed by atoms with Crippen LogP contribution in [-0.4, -0.2) is 35.9 Å². The normalized spacial score (nSPS) is 12.0. The van der Waals surface area contributed by atoms with Crippen molar-refractivity contribution < 1.29 is 23.1 Å². The number of fused-ring (bicyclic) bond motifs is 1. The third-order valence-corrected chi connectivity index (χ3v) is 6.28. The lowest BCUT2D eigenvalue weighted by Gasteiger charge is -2.17. The molecular weight excluding hydrogens is 549 g/mol. The molecule has 0 saturated carbocycles. The number of carbonyl (C=O) groups is 1. The fourth-order valence-electron chi connectivity index (χ4n) is 4.38. The molecule has 0 saturated heterocycles. The minimum Gasteiger partial charge on any atom is -0.384 e. The summed E-state index contributed by atoms with van der Waals surface area (Å²) >= 11 is 0. The molecule has 0 aliphatic heterocycles. The summed E-state index contributed by atoms with van der Waals surface area (Å²) in [4.78, 5) is 45.4. The van der Waals surface area contributed by atoms with E-state index in [9.17, 15) is 27.9 Å². The zero-order valence-corrected chi connectivity index (χ0v) is 22.7. The molecule has 0 aliphatic carbocycles. The Bertz CT molecular complexity index is 1870. The molecule has 0 bridgehead atoms. The number of benzene rings is 1. The maximum atomic E-state index is 13.7. The van der Waals surface area contributed by atoms with E-state index in [1.807, 2.05) is 0 Å². The molecule has 9 nitrogen and oxygen atoms in total. The number of aliphatic hydroxyl groups is 1. The number of nitrogens with one attached hydrogen (secondary N) is 2. The molecule has 0 fully saturated rings. The fraction of sp³-hybridized carbons (Fsp3) is 0.200. The van der Waals surface area contributed by atoms with Crippen LogP contribution in [-0.2, 0) is 23.0 Å². The Hall–Kier alpha value is -4.97. The Labute approximate surface area is 237 Å². The molecule has 12 heteroatoms. The van der Waals surface area contributed by atoms with E-state index in [0.29, 0.717) is 17.0 Å². The van der Waals surface area contributed by atoms with Gasteiger partial charge >= 0.3 is 6.18 Å². The fourth-order valence-corrected chi connectivity index (χ4v) is 4.38. The quantitative estimate of drug-likeness (QED) is 0.255. The summed E-state index contributed by atoms with van der Waals surface area (Å²) in [5, 5.41) is 12.9. The van der Waals surface area contributed by atoms with Crippen molar-refractivity contribution in [2.45, 2.75) is 39.0 Å². The summed E-state index contributed by atoms with van der Waals surface area (Å²) in [5.74, 6) is -0.531. The zero-order valence-electron chi connectivity index (χ0n) is 22.7. The van der Waals surface area contributed by atoms with Crippen molar-refractivity contribution in [2.24, 2.45) is 0 Å². The molecule has 0 atom stereocenters. The maximum absolute atomic E-state index is 13.7. The minimum absolute atomic E-state index is 0.0209. The largest absolute Gasteiger partial charge is 0.433 e. The number of aryl methyl sites for hydroxylation is 1. The second kappa shape index (κ2) is 10.8. The van der Waals surface area contributed by atoms with Gasteiger partial charge in [0, 0.05) is 22.9 Å². The number of aromatic amines is 1. The van der Waals surface area contributed by atoms with Crippen LogP contribution in [0.5, 0.6) is 0 Å². The number of nitrogens with zero attached hydrogens (tertiary/aromatic N) is 4. The number of anilines is 1. The number of amides is 1. The SMILES string of the molecule is Cc1cc(-c2nc3c(NC(=O)Cc4cccc(C(C)(C)O)n4)cc(=O)[nH]c3nc2-c2ccccc2)cc(C(F)(F)F)n1. The van der Waals surface area contributed by atoms with Crippen LogP contribution < -0.4 is 10.9 Å². The molecule has 214 valence electrons. The Kier molecular flexibility index (Phi) is 7.33. The van der Waals surface area contributed by atoms with Crippen LogP contribution in [0.15, 0.2) is 71.5 Å². The van der Waals surface area contributed by atoms with Gasteiger partial charge in [0.25, 0.3) is 5.56 Å². The van der Waals surface area contributed by atoms with E-state index in [4.69, 9.17) is 0 Å². The average Bonchev–Trinajstić information content (AvgIpc) is 2.91. The van der Waals surface area contributed by atoms with E-state index in [1.54, 1.807) is 62.4 Å². The van der Waals surface area contributed by atoms with Crippen LogP contribution in [0.2, 0.25) is 0 Å². The van der Waals surface area contributed by atoms with Gasteiger partial charge in [0.05, 0.1) is 34.9 Å². The predicted octanol–water partition coefficient (Wildman–Crippen LogP) is 5.18. The van der Waals surface area contributed by atoms with E-state index >= 15 is 0 Å². The highest BCUT2D eigenvalue weighted by atomic mass is 19.4. The number of aromatic nitrogens is 5. The van der Waals surface area contributed by atoms with Gasteiger partial charge in [0.1, 0.15) is 16.8 Å². The van der Waals surface area contributed by atoms with Crippen LogP contribution >= 0.6 is 0 Å². The number of halogens is 3. The predicted molar refractivity (Wildman–Crippen MR) is 150 cm³/mol. The molecule has 4 aromatic heterocycles. The van der Waals surface area contributed by atoms with Crippen LogP contribution in [0.3, 0.4) is 0 Å². The van der Waals surface area contributed by atoms with Crippen LogP contribution in [0.25, 0.3) is 33.7 Å². The summed E-state index contributed by atoms with van der Waals surface area (Å²) in [7, 11) is 0. The Morgan fingerprint density at radius 3 is 2.29 bits per heavy atom. The van der Waals surface area contributed by atoms with E-state index in [-0.39, 0.29) is 45.9 Å². The summed E-state index contributed by atoms with van der Waals surface area (Å²) in [6, 6.07) is 17.1. The number of hydrogen-bond acceptors (Lipinski definition) is 7. The summed E-state index contributed by atoms with van der Waals surface area (Å²) in [6.07, 6.45) is -4.88. The maximum Gasteiger partial charge on any atom is 0.433 e. The lowest BCUT2D eigenvalue weighted by atomic mass is 10.0. The monoisotopic (exact) mass is 574 g/mol. The van der Waals surface area contributed by atoms with Crippen molar-refractivity contribution in [3.63, 3.8) is 0 Å². The number of H-pyrrole nitrogens is 1. The van der Waals surface area contributed by atoms with E-state index in [0.717, 1.165) is 12.1 Å². The second-order valence-corrected chi connectivity index (χ2v) is 10.2. The molecule has 5 aromatic rings. The van der Waals surface area contributed by atoms with Gasteiger partial charge < -0.3 is 15.4 Å². The standard InChI is InChI=1S/C30H25F3N6O3/c1-16-12-18(13-22(34-16)30(31,32)33)26-25(17-8-5-4-6-9-17)39-28-27(38-26)20(15-24(41)37-28)36-23(40)14-19-10-7-11-21(35-19)29(2,3)42/h4-13,15,42H,14H2,1-3H3,(H2,36,37,39,40,41). The molecule has 3 N–H and O–H groups in total. The number of carbonyl (C=O) groups excluding carboxylic acids is 1. The van der Waals surface area contributed by atoms with Crippen molar-refractivity contribution in [3.8, 4) is 22.5 Å². The van der Waals surface area contributed by atoms with Crippen molar-refractivity contribution in [2.75, 3.05) is 5.32 Å². The zero-order chi connectivity index (χ0) is 30.2. The van der Waals surface area contributed by atoms with Crippen LogP contribution in [0.4, 0.5) is 18.9 Å². The van der Waals surface area contributed by atoms with Crippen molar-refractivity contribution in [1.82, 2.24) is 24.9 Å². The molecule has 0 spiro atoms. The molecule has 4 heterocycles. The smallest absolute Gasteiger partial charge is 0.384 e. The molecule has 5 rings (SSSR count). The topological polar surface area (TPSA) is 134 Å². The highest BCUT2D eigenvalue weighted by molar-refractivity contribution is 6.00. The van der Waals surface area contributed by atoms with Gasteiger partial charge in [0.2, 0.25) is 5.91 Å². The molecule has 0 unspecified atom stereocenters. The first-order valence-electron chi connectivity index (χ1n) is 12.8. The van der Waals surface area contributed by atoms with Crippen LogP contribution in [0, 0.1) is 6.92 Å². The van der Waals surface area contributed by atoms with E-state index < -0.39 is 28.9 Å². The van der Waals surface area contributed by atoms with Gasteiger partial charge in [-0.1, -0.05) is 36.4 Å². The summed E-state index contributed by atoms with van der Waals surface area (Å²) < 4.78 is 41.0. The van der Waals surface area contributed by atoms with Crippen molar-refractivity contribution >= 4 is 22.8 Å². The highest BCUT2D eigenvalue weighted by Gasteiger charge is 2.33. The molecule has 1 amide bonds. The van der Waals surface area contributed by atoms with Gasteiger partial charge in [-0.25, -0.2) is 15.0 Å². The van der Waals surface area contributed by atoms with Crippen LogP contribution in [0.1, 0.15) is 36.6 Å². The van der Waals surface area contributed by atoms with Gasteiger partial charge in [-0.3, -0.25) is 14.6 Å². The van der Waals surface area contributed by atoms with Gasteiger partial charge in [-0.2, -0.15) is 13.2 Å². The third-order valence-electron chi connectivity index (χ3n) is 6.28. The second-order valence-electron chi connectivity index (χ2n) is 10.2. The molecule has 1 aromatic carbocycles. The van der Waals surface area contributed by atoms with Gasteiger partial charge in [-0.15, -0.1) is 0 Å². The lowest BCUT2D eigenvalue weighted by molar-refractivity contribution is -0.141. The summed E-state index contributed by atoms with van der Waals surface area (Å²) in [6.45, 7) is 4.59. The van der Waals surface area contributed by atoms with Crippen molar-refractivity contribution in [3.05, 3.63) is 99.9 Å².